The summed E-state index contributed by atoms with van der Waals surface area (Å²) in [4.78, 5) is 58.7. The molecule has 4 amide bonds. The molecule has 50 heavy (non-hydrogen) atoms. The van der Waals surface area contributed by atoms with Gasteiger partial charge in [0.05, 0.1) is 24.8 Å². The van der Waals surface area contributed by atoms with Crippen LogP contribution in [-0.2, 0) is 14.4 Å². The molecule has 2 heterocycles. The van der Waals surface area contributed by atoms with E-state index in [1.807, 2.05) is 37.3 Å². The Morgan fingerprint density at radius 1 is 1.12 bits per heavy atom. The summed E-state index contributed by atoms with van der Waals surface area (Å²) in [7, 11) is 3.04. The Balaban J connectivity index is 1.43. The second-order valence-electron chi connectivity index (χ2n) is 13.3. The van der Waals surface area contributed by atoms with Crippen molar-refractivity contribution in [1.82, 2.24) is 20.0 Å². The molecule has 3 aromatic rings. The third-order valence-corrected chi connectivity index (χ3v) is 10.7. The number of aryl methyl sites for hydroxylation is 1. The van der Waals surface area contributed by atoms with E-state index in [9.17, 15) is 24.4 Å². The van der Waals surface area contributed by atoms with E-state index in [0.717, 1.165) is 24.0 Å². The van der Waals surface area contributed by atoms with Gasteiger partial charge in [0.2, 0.25) is 17.7 Å². The smallest absolute Gasteiger partial charge is 0.258 e. The Labute approximate surface area is 298 Å². The topological polar surface area (TPSA) is 149 Å². The summed E-state index contributed by atoms with van der Waals surface area (Å²) in [6, 6.07) is 16.8. The Kier molecular flexibility index (Phi) is 11.7. The molecule has 264 valence electrons. The van der Waals surface area contributed by atoms with Gasteiger partial charge in [-0.25, -0.2) is 0 Å². The summed E-state index contributed by atoms with van der Waals surface area (Å²) in [6.45, 7) is 4.23. The average molecular weight is 701 g/mol. The number of fused-ring (bicyclic) bond motifs is 1. The maximum Gasteiger partial charge on any atom is 0.258 e. The standard InChI is InChI=1S/C38H45ClN6O5/c1-25-20-26(11-12-31(25)39)28(13-17-43-18-14-38(15-19-43,37(49)42-2)45-16-7-6-10-33(45)47)23-44(24-32(41)46)36(48)34-30-9-5-4-8-27(30)21-29(22-40)35(34)50-3/h4-5,8-9,11-12,20-21,28H,6-7,10,13-19,23-24H2,1-3H3,(H2,41,46)(H,42,49). The predicted molar refractivity (Wildman–Crippen MR) is 192 cm³/mol. The first-order chi connectivity index (χ1) is 24.0. The summed E-state index contributed by atoms with van der Waals surface area (Å²) in [5.74, 6) is -1.30. The van der Waals surface area contributed by atoms with Crippen molar-refractivity contribution >= 4 is 46.0 Å². The second kappa shape index (κ2) is 15.9. The van der Waals surface area contributed by atoms with Gasteiger partial charge in [-0.3, -0.25) is 19.2 Å². The van der Waals surface area contributed by atoms with Crippen molar-refractivity contribution in [1.29, 1.82) is 5.26 Å². The van der Waals surface area contributed by atoms with Gasteiger partial charge in [0.1, 0.15) is 17.4 Å². The molecular weight excluding hydrogens is 656 g/mol. The number of piperidine rings is 2. The number of halogens is 1. The van der Waals surface area contributed by atoms with E-state index in [-0.39, 0.29) is 47.7 Å². The molecule has 2 saturated heterocycles. The lowest BCUT2D eigenvalue weighted by Gasteiger charge is -2.48. The van der Waals surface area contributed by atoms with Crippen LogP contribution in [0, 0.1) is 18.3 Å². The van der Waals surface area contributed by atoms with Crippen molar-refractivity contribution in [3.8, 4) is 11.8 Å². The largest absolute Gasteiger partial charge is 0.495 e. The lowest BCUT2D eigenvalue weighted by atomic mass is 9.82. The number of amides is 4. The summed E-state index contributed by atoms with van der Waals surface area (Å²) in [5, 5.41) is 14.6. The highest BCUT2D eigenvalue weighted by Crippen LogP contribution is 2.36. The highest BCUT2D eigenvalue weighted by atomic mass is 35.5. The zero-order chi connectivity index (χ0) is 36.0. The molecule has 0 bridgehead atoms. The molecule has 0 saturated carbocycles. The van der Waals surface area contributed by atoms with Gasteiger partial charge in [-0.15, -0.1) is 0 Å². The Bertz CT molecular complexity index is 1820. The molecule has 3 N–H and O–H groups in total. The van der Waals surface area contributed by atoms with Crippen LogP contribution < -0.4 is 15.8 Å². The molecular formula is C38H45ClN6O5. The predicted octanol–water partition coefficient (Wildman–Crippen LogP) is 4.38. The molecule has 0 radical (unpaired) electrons. The van der Waals surface area contributed by atoms with Crippen molar-refractivity contribution in [3.63, 3.8) is 0 Å². The minimum absolute atomic E-state index is 0.0374. The second-order valence-corrected chi connectivity index (χ2v) is 13.7. The first-order valence-electron chi connectivity index (χ1n) is 17.1. The Morgan fingerprint density at radius 3 is 2.50 bits per heavy atom. The number of nitrogens with one attached hydrogen (secondary N) is 1. The lowest BCUT2D eigenvalue weighted by molar-refractivity contribution is -0.153. The number of likely N-dealkylation sites (N-methyl/N-ethyl adjacent to an activating group) is 1. The molecule has 5 rings (SSSR count). The fourth-order valence-electron chi connectivity index (χ4n) is 7.55. The van der Waals surface area contributed by atoms with Crippen LogP contribution in [0.25, 0.3) is 10.8 Å². The Morgan fingerprint density at radius 2 is 1.86 bits per heavy atom. The SMILES string of the molecule is CNC(=O)C1(N2CCCCC2=O)CCN(CCC(CN(CC(N)=O)C(=O)c2c(OC)c(C#N)cc3ccccc23)c2ccc(Cl)c(C)c2)CC1. The van der Waals surface area contributed by atoms with Crippen LogP contribution in [0.1, 0.15) is 71.5 Å². The number of nitrogens with zero attached hydrogens (tertiary/aromatic N) is 4. The molecule has 11 nitrogen and oxygen atoms in total. The molecule has 12 heteroatoms. The fourth-order valence-corrected chi connectivity index (χ4v) is 7.67. The maximum absolute atomic E-state index is 14.5. The summed E-state index contributed by atoms with van der Waals surface area (Å²) in [6.07, 6.45) is 3.87. The number of benzene rings is 3. The van der Waals surface area contributed by atoms with Crippen LogP contribution in [0.2, 0.25) is 5.02 Å². The molecule has 0 spiro atoms. The molecule has 0 aromatic heterocycles. The number of methoxy groups -OCH3 is 1. The highest BCUT2D eigenvalue weighted by Gasteiger charge is 2.48. The monoisotopic (exact) mass is 700 g/mol. The number of carbonyl (C=O) groups excluding carboxylic acids is 4. The number of nitriles is 1. The number of primary amides is 1. The molecule has 1 atom stereocenters. The van der Waals surface area contributed by atoms with Crippen LogP contribution in [0.5, 0.6) is 5.75 Å². The van der Waals surface area contributed by atoms with Gasteiger partial charge >= 0.3 is 0 Å². The van der Waals surface area contributed by atoms with E-state index in [1.54, 1.807) is 30.1 Å². The van der Waals surface area contributed by atoms with E-state index >= 15 is 0 Å². The van der Waals surface area contributed by atoms with Crippen LogP contribution in [-0.4, -0.2) is 97.3 Å². The minimum atomic E-state index is -0.861. The number of carbonyl (C=O) groups is 4. The summed E-state index contributed by atoms with van der Waals surface area (Å²) >= 11 is 6.41. The van der Waals surface area contributed by atoms with Crippen LogP contribution >= 0.6 is 11.6 Å². The maximum atomic E-state index is 14.5. The van der Waals surface area contributed by atoms with Crippen molar-refractivity contribution < 1.29 is 23.9 Å². The quantitative estimate of drug-likeness (QED) is 0.285. The first-order valence-corrected chi connectivity index (χ1v) is 17.5. The third kappa shape index (κ3) is 7.57. The van der Waals surface area contributed by atoms with Gasteiger partial charge in [0.15, 0.2) is 0 Å². The first kappa shape index (κ1) is 36.6. The number of hydrogen-bond acceptors (Lipinski definition) is 7. The van der Waals surface area contributed by atoms with Gasteiger partial charge in [0, 0.05) is 50.6 Å². The van der Waals surface area contributed by atoms with E-state index in [1.165, 1.54) is 12.0 Å². The van der Waals surface area contributed by atoms with Crippen molar-refractivity contribution in [2.24, 2.45) is 5.73 Å². The van der Waals surface area contributed by atoms with Gasteiger partial charge < -0.3 is 30.5 Å². The molecule has 0 aliphatic carbocycles. The fraction of sp³-hybridized carbons (Fsp3) is 0.447. The van der Waals surface area contributed by atoms with Gasteiger partial charge in [-0.1, -0.05) is 48.0 Å². The van der Waals surface area contributed by atoms with Crippen molar-refractivity contribution in [2.75, 3.05) is 53.4 Å². The zero-order valence-corrected chi connectivity index (χ0v) is 29.7. The van der Waals surface area contributed by atoms with Crippen molar-refractivity contribution in [3.05, 3.63) is 75.8 Å². The molecule has 2 fully saturated rings. The number of likely N-dealkylation sites (tertiary alicyclic amines) is 2. The highest BCUT2D eigenvalue weighted by molar-refractivity contribution is 6.31. The molecule has 2 aliphatic rings. The van der Waals surface area contributed by atoms with Gasteiger partial charge in [-0.05, 0) is 79.6 Å². The average Bonchev–Trinajstić information content (AvgIpc) is 3.12. The van der Waals surface area contributed by atoms with Crippen LogP contribution in [0.4, 0.5) is 0 Å². The molecule has 1 unspecified atom stereocenters. The van der Waals surface area contributed by atoms with Crippen LogP contribution in [0.15, 0.2) is 48.5 Å². The van der Waals surface area contributed by atoms with E-state index < -0.39 is 17.4 Å². The third-order valence-electron chi connectivity index (χ3n) is 10.2. The number of rotatable bonds is 12. The van der Waals surface area contributed by atoms with E-state index in [0.29, 0.717) is 67.7 Å². The van der Waals surface area contributed by atoms with E-state index in [4.69, 9.17) is 22.1 Å². The van der Waals surface area contributed by atoms with Crippen LogP contribution in [0.3, 0.4) is 0 Å². The number of hydrogen-bond donors (Lipinski definition) is 2. The van der Waals surface area contributed by atoms with Crippen molar-refractivity contribution in [2.45, 2.75) is 56.9 Å². The number of ether oxygens (including phenoxy) is 1. The zero-order valence-electron chi connectivity index (χ0n) is 29.0. The molecule has 3 aromatic carbocycles. The summed E-state index contributed by atoms with van der Waals surface area (Å²) < 4.78 is 5.63. The van der Waals surface area contributed by atoms with Gasteiger partial charge in [-0.2, -0.15) is 5.26 Å². The normalized spacial score (nSPS) is 16.8. The summed E-state index contributed by atoms with van der Waals surface area (Å²) in [5.41, 5.74) is 7.11. The minimum Gasteiger partial charge on any atom is -0.495 e. The molecule has 2 aliphatic heterocycles. The lowest BCUT2D eigenvalue weighted by Crippen LogP contribution is -2.65. The van der Waals surface area contributed by atoms with E-state index in [2.05, 4.69) is 16.3 Å². The Hall–Kier alpha value is -4.66. The van der Waals surface area contributed by atoms with Gasteiger partial charge in [0.25, 0.3) is 5.91 Å². The number of nitrogens with two attached hydrogens (primary N) is 1.